The van der Waals surface area contributed by atoms with Crippen molar-refractivity contribution in [3.05, 3.63) is 0 Å². The first kappa shape index (κ1) is 9.11. The van der Waals surface area contributed by atoms with Crippen LogP contribution in [0.1, 0.15) is 44.9 Å². The largest absolute Gasteiger partial charge is 0.287 e. The van der Waals surface area contributed by atoms with Crippen LogP contribution in [-0.2, 0) is 4.79 Å². The van der Waals surface area contributed by atoms with Crippen molar-refractivity contribution in [2.24, 2.45) is 0 Å². The number of thioether (sulfide) groups is 1. The Kier molecular flexibility index (Phi) is 4.67. The molecular formula is C9H16OS. The van der Waals surface area contributed by atoms with Gasteiger partial charge in [-0.2, -0.15) is 0 Å². The Balaban J connectivity index is 2.17. The van der Waals surface area contributed by atoms with Crippen molar-refractivity contribution in [1.29, 1.82) is 0 Å². The fraction of sp³-hybridized carbons (Fsp3) is 0.889. The third-order valence-electron chi connectivity index (χ3n) is 2.04. The van der Waals surface area contributed by atoms with Crippen LogP contribution in [0.4, 0.5) is 0 Å². The molecule has 1 nitrogen and oxygen atoms in total. The van der Waals surface area contributed by atoms with Gasteiger partial charge in [-0.3, -0.25) is 4.79 Å². The Morgan fingerprint density at radius 2 is 1.55 bits per heavy atom. The van der Waals surface area contributed by atoms with Crippen molar-refractivity contribution in [2.75, 3.05) is 5.75 Å². The maximum absolute atomic E-state index is 11.1. The van der Waals surface area contributed by atoms with Crippen LogP contribution in [0.3, 0.4) is 0 Å². The van der Waals surface area contributed by atoms with Crippen LogP contribution in [0.5, 0.6) is 0 Å². The van der Waals surface area contributed by atoms with Crippen LogP contribution in [-0.4, -0.2) is 10.9 Å². The highest BCUT2D eigenvalue weighted by molar-refractivity contribution is 8.13. The van der Waals surface area contributed by atoms with E-state index in [1.807, 2.05) is 0 Å². The van der Waals surface area contributed by atoms with Crippen molar-refractivity contribution in [1.82, 2.24) is 0 Å². The SMILES string of the molecule is O=C1CCCCCCCCS1. The van der Waals surface area contributed by atoms with Crippen molar-refractivity contribution in [2.45, 2.75) is 44.9 Å². The van der Waals surface area contributed by atoms with Gasteiger partial charge in [0.15, 0.2) is 5.12 Å². The highest BCUT2D eigenvalue weighted by atomic mass is 32.2. The summed E-state index contributed by atoms with van der Waals surface area (Å²) in [5, 5.41) is 0.409. The van der Waals surface area contributed by atoms with E-state index in [1.54, 1.807) is 0 Å². The van der Waals surface area contributed by atoms with E-state index in [2.05, 4.69) is 0 Å². The molecule has 1 aliphatic rings. The summed E-state index contributed by atoms with van der Waals surface area (Å²) in [6, 6.07) is 0. The van der Waals surface area contributed by atoms with E-state index >= 15 is 0 Å². The smallest absolute Gasteiger partial charge is 0.188 e. The lowest BCUT2D eigenvalue weighted by atomic mass is 10.1. The first-order valence-corrected chi connectivity index (χ1v) is 5.54. The van der Waals surface area contributed by atoms with Gasteiger partial charge in [-0.15, -0.1) is 0 Å². The highest BCUT2D eigenvalue weighted by Gasteiger charge is 2.03. The van der Waals surface area contributed by atoms with Gasteiger partial charge in [0.25, 0.3) is 0 Å². The third-order valence-corrected chi connectivity index (χ3v) is 3.06. The molecule has 0 saturated carbocycles. The minimum Gasteiger partial charge on any atom is -0.287 e. The zero-order valence-corrected chi connectivity index (χ0v) is 7.79. The Morgan fingerprint density at radius 3 is 2.36 bits per heavy atom. The van der Waals surface area contributed by atoms with E-state index in [0.29, 0.717) is 5.12 Å². The highest BCUT2D eigenvalue weighted by Crippen LogP contribution is 2.16. The summed E-state index contributed by atoms with van der Waals surface area (Å²) in [5.41, 5.74) is 0. The number of hydrogen-bond donors (Lipinski definition) is 0. The molecule has 1 aliphatic heterocycles. The Morgan fingerprint density at radius 1 is 0.909 bits per heavy atom. The molecule has 1 heterocycles. The molecule has 0 bridgehead atoms. The summed E-state index contributed by atoms with van der Waals surface area (Å²) in [6.07, 6.45) is 8.44. The van der Waals surface area contributed by atoms with Gasteiger partial charge in [0, 0.05) is 12.2 Å². The summed E-state index contributed by atoms with van der Waals surface area (Å²) in [5.74, 6) is 1.05. The van der Waals surface area contributed by atoms with E-state index in [9.17, 15) is 4.79 Å². The van der Waals surface area contributed by atoms with Gasteiger partial charge < -0.3 is 0 Å². The topological polar surface area (TPSA) is 17.1 Å². The summed E-state index contributed by atoms with van der Waals surface area (Å²) >= 11 is 1.54. The Hall–Kier alpha value is 0.0200. The van der Waals surface area contributed by atoms with Crippen molar-refractivity contribution < 1.29 is 4.79 Å². The second kappa shape index (κ2) is 5.64. The van der Waals surface area contributed by atoms with E-state index in [-0.39, 0.29) is 0 Å². The van der Waals surface area contributed by atoms with E-state index in [4.69, 9.17) is 0 Å². The number of carbonyl (C=O) groups is 1. The van der Waals surface area contributed by atoms with Crippen LogP contribution in [0.25, 0.3) is 0 Å². The molecule has 0 radical (unpaired) electrons. The van der Waals surface area contributed by atoms with Gasteiger partial charge in [-0.25, -0.2) is 0 Å². The lowest BCUT2D eigenvalue weighted by molar-refractivity contribution is -0.111. The lowest BCUT2D eigenvalue weighted by Crippen LogP contribution is -1.96. The summed E-state index contributed by atoms with van der Waals surface area (Å²) in [4.78, 5) is 11.1. The maximum atomic E-state index is 11.1. The standard InChI is InChI=1S/C9H16OS/c10-9-7-5-3-1-2-4-6-8-11-9/h1-8H2. The molecule has 1 saturated heterocycles. The Labute approximate surface area is 72.9 Å². The average molecular weight is 172 g/mol. The van der Waals surface area contributed by atoms with Gasteiger partial charge in [0.2, 0.25) is 0 Å². The molecule has 11 heavy (non-hydrogen) atoms. The molecule has 64 valence electrons. The second-order valence-corrected chi connectivity index (χ2v) is 4.24. The average Bonchev–Trinajstić information content (AvgIpc) is 2.03. The van der Waals surface area contributed by atoms with Gasteiger partial charge >= 0.3 is 0 Å². The predicted molar refractivity (Wildman–Crippen MR) is 49.8 cm³/mol. The van der Waals surface area contributed by atoms with Gasteiger partial charge in [-0.1, -0.05) is 37.4 Å². The Bertz CT molecular complexity index is 111. The van der Waals surface area contributed by atoms with E-state index < -0.39 is 0 Å². The number of carbonyl (C=O) groups excluding carboxylic acids is 1. The molecule has 0 unspecified atom stereocenters. The number of hydrogen-bond acceptors (Lipinski definition) is 2. The summed E-state index contributed by atoms with van der Waals surface area (Å²) in [6.45, 7) is 0. The van der Waals surface area contributed by atoms with Crippen LogP contribution < -0.4 is 0 Å². The fourth-order valence-corrected chi connectivity index (χ4v) is 2.20. The molecule has 0 aromatic carbocycles. The molecule has 1 fully saturated rings. The zero-order chi connectivity index (χ0) is 7.94. The van der Waals surface area contributed by atoms with Crippen LogP contribution >= 0.6 is 11.8 Å². The lowest BCUT2D eigenvalue weighted by Gasteiger charge is -2.05. The quantitative estimate of drug-likeness (QED) is 0.558. The zero-order valence-electron chi connectivity index (χ0n) is 6.97. The van der Waals surface area contributed by atoms with Gasteiger partial charge in [0.05, 0.1) is 0 Å². The maximum Gasteiger partial charge on any atom is 0.188 e. The normalized spacial score (nSPS) is 23.1. The fourth-order valence-electron chi connectivity index (χ4n) is 1.34. The molecule has 1 rings (SSSR count). The molecule has 0 aromatic rings. The minimum absolute atomic E-state index is 0.409. The van der Waals surface area contributed by atoms with Crippen molar-refractivity contribution in [3.8, 4) is 0 Å². The molecule has 0 amide bonds. The molecule has 0 aromatic heterocycles. The van der Waals surface area contributed by atoms with Crippen LogP contribution in [0, 0.1) is 0 Å². The first-order valence-electron chi connectivity index (χ1n) is 4.55. The molecule has 0 atom stereocenters. The van der Waals surface area contributed by atoms with Crippen molar-refractivity contribution in [3.63, 3.8) is 0 Å². The van der Waals surface area contributed by atoms with E-state index in [0.717, 1.165) is 18.6 Å². The molecule has 0 spiro atoms. The summed E-state index contributed by atoms with van der Waals surface area (Å²) in [7, 11) is 0. The molecule has 0 aliphatic carbocycles. The number of rotatable bonds is 0. The summed E-state index contributed by atoms with van der Waals surface area (Å²) < 4.78 is 0. The third kappa shape index (κ3) is 4.46. The molecule has 0 N–H and O–H groups in total. The first-order chi connectivity index (χ1) is 5.39. The van der Waals surface area contributed by atoms with Crippen molar-refractivity contribution >= 4 is 16.9 Å². The minimum atomic E-state index is 0.409. The van der Waals surface area contributed by atoms with Gasteiger partial charge in [-0.05, 0) is 12.8 Å². The predicted octanol–water partition coefficient (Wildman–Crippen LogP) is 2.99. The monoisotopic (exact) mass is 172 g/mol. The van der Waals surface area contributed by atoms with Gasteiger partial charge in [0.1, 0.15) is 0 Å². The second-order valence-electron chi connectivity index (χ2n) is 3.09. The van der Waals surface area contributed by atoms with Crippen LogP contribution in [0.2, 0.25) is 0 Å². The van der Waals surface area contributed by atoms with Crippen LogP contribution in [0.15, 0.2) is 0 Å². The molecular weight excluding hydrogens is 156 g/mol. The van der Waals surface area contributed by atoms with E-state index in [1.165, 1.54) is 43.9 Å². The molecule has 2 heteroatoms.